The zero-order valence-electron chi connectivity index (χ0n) is 14.6. The number of carbonyl (C=O) groups excluding carboxylic acids is 3. The molecule has 1 atom stereocenters. The number of imidazole rings is 1. The Bertz CT molecular complexity index is 1050. The number of para-hydroxylation sites is 2. The van der Waals surface area contributed by atoms with E-state index in [0.29, 0.717) is 29.0 Å². The lowest BCUT2D eigenvalue weighted by atomic mass is 10.1. The molecule has 1 aliphatic heterocycles. The largest absolute Gasteiger partial charge is 0.340 e. The Morgan fingerprint density at radius 3 is 2.93 bits per heavy atom. The maximum absolute atomic E-state index is 13.5. The minimum absolute atomic E-state index is 0.0984. The summed E-state index contributed by atoms with van der Waals surface area (Å²) >= 11 is 0. The first-order chi connectivity index (χ1) is 13.5. The summed E-state index contributed by atoms with van der Waals surface area (Å²) in [6, 6.07) is 10.0. The van der Waals surface area contributed by atoms with E-state index in [9.17, 15) is 18.8 Å². The maximum Gasteiger partial charge on any atom is 0.321 e. The van der Waals surface area contributed by atoms with Crippen LogP contribution < -0.4 is 10.6 Å². The first-order valence-electron chi connectivity index (χ1n) is 8.58. The monoisotopic (exact) mass is 381 g/mol. The van der Waals surface area contributed by atoms with Crippen molar-refractivity contribution < 1.29 is 18.8 Å². The SMILES string of the molecule is O=CNC(=O)N[C@@H](CN1Cc2ccc(F)cc2C1=O)c1nc2ccccc2[nH]1. The normalized spacial score (nSPS) is 14.0. The van der Waals surface area contributed by atoms with Crippen LogP contribution in [0.3, 0.4) is 0 Å². The van der Waals surface area contributed by atoms with Crippen LogP contribution in [0.25, 0.3) is 11.0 Å². The molecule has 1 aliphatic rings. The standard InChI is InChI=1S/C19H16FN5O3/c20-12-6-5-11-8-25(18(27)13(11)7-12)9-16(24-19(28)21-10-26)17-22-14-3-1-2-4-15(14)23-17/h1-7,10,16H,8-9H2,(H,22,23)(H2,21,24,26,28)/t16-/m0/s1. The second-order valence-corrected chi connectivity index (χ2v) is 6.41. The number of hydrogen-bond acceptors (Lipinski definition) is 4. The predicted molar refractivity (Wildman–Crippen MR) is 97.7 cm³/mol. The zero-order valence-corrected chi connectivity index (χ0v) is 14.6. The third-order valence-electron chi connectivity index (χ3n) is 4.59. The number of rotatable bonds is 5. The number of benzene rings is 2. The lowest BCUT2D eigenvalue weighted by Gasteiger charge is -2.23. The number of halogens is 1. The second-order valence-electron chi connectivity index (χ2n) is 6.41. The molecule has 28 heavy (non-hydrogen) atoms. The fourth-order valence-corrected chi connectivity index (χ4v) is 3.29. The molecule has 142 valence electrons. The van der Waals surface area contributed by atoms with Crippen LogP contribution in [-0.2, 0) is 11.3 Å². The second kappa shape index (κ2) is 7.10. The van der Waals surface area contributed by atoms with Gasteiger partial charge >= 0.3 is 6.03 Å². The number of urea groups is 1. The summed E-state index contributed by atoms with van der Waals surface area (Å²) in [6.45, 7) is 0.392. The van der Waals surface area contributed by atoms with Gasteiger partial charge in [0.1, 0.15) is 17.7 Å². The number of carbonyl (C=O) groups is 3. The Hall–Kier alpha value is -3.75. The first kappa shape index (κ1) is 17.7. The molecule has 0 spiro atoms. The summed E-state index contributed by atoms with van der Waals surface area (Å²) in [7, 11) is 0. The van der Waals surface area contributed by atoms with Gasteiger partial charge in [0.2, 0.25) is 6.41 Å². The van der Waals surface area contributed by atoms with Gasteiger partial charge in [-0.25, -0.2) is 14.2 Å². The summed E-state index contributed by atoms with van der Waals surface area (Å²) in [5.74, 6) is -0.364. The van der Waals surface area contributed by atoms with Gasteiger partial charge in [-0.15, -0.1) is 0 Å². The fourth-order valence-electron chi connectivity index (χ4n) is 3.29. The van der Waals surface area contributed by atoms with Crippen molar-refractivity contribution in [1.29, 1.82) is 0 Å². The molecule has 0 saturated heterocycles. The molecule has 0 unspecified atom stereocenters. The number of H-pyrrole nitrogens is 1. The van der Waals surface area contributed by atoms with Crippen LogP contribution in [0.2, 0.25) is 0 Å². The Balaban J connectivity index is 1.61. The van der Waals surface area contributed by atoms with E-state index in [1.165, 1.54) is 17.0 Å². The minimum atomic E-state index is -0.712. The van der Waals surface area contributed by atoms with E-state index in [2.05, 4.69) is 15.3 Å². The smallest absolute Gasteiger partial charge is 0.321 e. The van der Waals surface area contributed by atoms with Crippen molar-refractivity contribution in [2.24, 2.45) is 0 Å². The van der Waals surface area contributed by atoms with E-state index >= 15 is 0 Å². The van der Waals surface area contributed by atoms with E-state index in [1.54, 1.807) is 6.07 Å². The minimum Gasteiger partial charge on any atom is -0.340 e. The number of aromatic amines is 1. The van der Waals surface area contributed by atoms with Gasteiger partial charge in [-0.2, -0.15) is 0 Å². The van der Waals surface area contributed by atoms with Crippen LogP contribution >= 0.6 is 0 Å². The van der Waals surface area contributed by atoms with Crippen LogP contribution in [0.4, 0.5) is 9.18 Å². The summed E-state index contributed by atoms with van der Waals surface area (Å²) in [4.78, 5) is 44.2. The highest BCUT2D eigenvalue weighted by atomic mass is 19.1. The molecule has 2 heterocycles. The Morgan fingerprint density at radius 2 is 2.14 bits per heavy atom. The number of aromatic nitrogens is 2. The molecule has 0 aliphatic carbocycles. The summed E-state index contributed by atoms with van der Waals surface area (Å²) in [5.41, 5.74) is 2.50. The molecule has 0 bridgehead atoms. The third kappa shape index (κ3) is 3.29. The molecule has 8 nitrogen and oxygen atoms in total. The van der Waals surface area contributed by atoms with Crippen LogP contribution in [0.1, 0.15) is 27.8 Å². The van der Waals surface area contributed by atoms with E-state index < -0.39 is 17.9 Å². The number of amides is 4. The molecule has 3 aromatic rings. The van der Waals surface area contributed by atoms with Crippen molar-refractivity contribution in [3.05, 3.63) is 65.2 Å². The Labute approximate surface area is 158 Å². The summed E-state index contributed by atoms with van der Waals surface area (Å²) in [5, 5.41) is 4.65. The van der Waals surface area contributed by atoms with Crippen molar-refractivity contribution in [3.8, 4) is 0 Å². The molecule has 9 heteroatoms. The van der Waals surface area contributed by atoms with Gasteiger partial charge in [-0.1, -0.05) is 18.2 Å². The molecule has 2 aromatic carbocycles. The lowest BCUT2D eigenvalue weighted by Crippen LogP contribution is -2.42. The van der Waals surface area contributed by atoms with E-state index in [4.69, 9.17) is 0 Å². The summed E-state index contributed by atoms with van der Waals surface area (Å²) < 4.78 is 13.5. The molecular formula is C19H16FN5O3. The van der Waals surface area contributed by atoms with Gasteiger partial charge in [0.05, 0.1) is 11.0 Å². The molecule has 0 radical (unpaired) electrons. The van der Waals surface area contributed by atoms with Gasteiger partial charge in [0.25, 0.3) is 5.91 Å². The molecule has 1 aromatic heterocycles. The predicted octanol–water partition coefficient (Wildman–Crippen LogP) is 1.85. The summed E-state index contributed by atoms with van der Waals surface area (Å²) in [6.07, 6.45) is 0.269. The number of hydrogen-bond donors (Lipinski definition) is 3. The van der Waals surface area contributed by atoms with Gasteiger partial charge in [-0.3, -0.25) is 14.9 Å². The molecule has 4 rings (SSSR count). The maximum atomic E-state index is 13.5. The van der Waals surface area contributed by atoms with Gasteiger partial charge in [-0.05, 0) is 29.8 Å². The highest BCUT2D eigenvalue weighted by Crippen LogP contribution is 2.26. The lowest BCUT2D eigenvalue weighted by molar-refractivity contribution is -0.108. The van der Waals surface area contributed by atoms with Crippen molar-refractivity contribution in [2.75, 3.05) is 6.54 Å². The third-order valence-corrected chi connectivity index (χ3v) is 4.59. The quantitative estimate of drug-likeness (QED) is 0.586. The van der Waals surface area contributed by atoms with Gasteiger partial charge in [0.15, 0.2) is 0 Å². The van der Waals surface area contributed by atoms with Crippen LogP contribution in [0.5, 0.6) is 0 Å². The van der Waals surface area contributed by atoms with E-state index in [1.807, 2.05) is 29.6 Å². The first-order valence-corrected chi connectivity index (χ1v) is 8.58. The van der Waals surface area contributed by atoms with Crippen LogP contribution in [0.15, 0.2) is 42.5 Å². The number of imide groups is 1. The molecule has 3 N–H and O–H groups in total. The van der Waals surface area contributed by atoms with Crippen molar-refractivity contribution in [3.63, 3.8) is 0 Å². The fraction of sp³-hybridized carbons (Fsp3) is 0.158. The highest BCUT2D eigenvalue weighted by molar-refractivity contribution is 5.98. The molecule has 4 amide bonds. The average molecular weight is 381 g/mol. The Morgan fingerprint density at radius 1 is 1.32 bits per heavy atom. The molecule has 0 fully saturated rings. The van der Waals surface area contributed by atoms with E-state index in [0.717, 1.165) is 5.52 Å². The molecular weight excluding hydrogens is 365 g/mol. The molecule has 0 saturated carbocycles. The van der Waals surface area contributed by atoms with Gasteiger partial charge in [0, 0.05) is 18.7 Å². The van der Waals surface area contributed by atoms with Crippen LogP contribution in [-0.4, -0.2) is 39.8 Å². The number of nitrogens with one attached hydrogen (secondary N) is 3. The van der Waals surface area contributed by atoms with Crippen molar-refractivity contribution in [1.82, 2.24) is 25.5 Å². The van der Waals surface area contributed by atoms with Gasteiger partial charge < -0.3 is 15.2 Å². The zero-order chi connectivity index (χ0) is 19.7. The average Bonchev–Trinajstić information content (AvgIpc) is 3.23. The van der Waals surface area contributed by atoms with Crippen molar-refractivity contribution >= 4 is 29.4 Å². The number of nitrogens with zero attached hydrogens (tertiary/aromatic N) is 2. The van der Waals surface area contributed by atoms with E-state index in [-0.39, 0.29) is 18.9 Å². The van der Waals surface area contributed by atoms with Crippen molar-refractivity contribution in [2.45, 2.75) is 12.6 Å². The topological polar surface area (TPSA) is 107 Å². The highest BCUT2D eigenvalue weighted by Gasteiger charge is 2.31. The van der Waals surface area contributed by atoms with Crippen LogP contribution in [0, 0.1) is 5.82 Å². The Kier molecular flexibility index (Phi) is 4.48. The number of fused-ring (bicyclic) bond motifs is 2.